The maximum atomic E-state index is 12.2. The normalized spacial score (nSPS) is 32.0. The van der Waals surface area contributed by atoms with Gasteiger partial charge in [-0.1, -0.05) is 44.5 Å². The van der Waals surface area contributed by atoms with Gasteiger partial charge in [0, 0.05) is 6.04 Å². The number of ether oxygens (including phenoxy) is 1. The van der Waals surface area contributed by atoms with Gasteiger partial charge in [0.25, 0.3) is 5.91 Å². The van der Waals surface area contributed by atoms with Crippen LogP contribution in [0.3, 0.4) is 0 Å². The molecule has 0 radical (unpaired) electrons. The van der Waals surface area contributed by atoms with Gasteiger partial charge in [-0.3, -0.25) is 4.79 Å². The molecule has 4 heteroatoms. The molecular formula is C18H24ClNO2. The Morgan fingerprint density at radius 1 is 1.36 bits per heavy atom. The molecule has 1 N–H and O–H groups in total. The van der Waals surface area contributed by atoms with Crippen LogP contribution in [0.15, 0.2) is 24.3 Å². The van der Waals surface area contributed by atoms with Gasteiger partial charge in [-0.15, -0.1) is 0 Å². The molecule has 120 valence electrons. The van der Waals surface area contributed by atoms with Crippen molar-refractivity contribution in [3.63, 3.8) is 0 Å². The molecule has 2 fully saturated rings. The van der Waals surface area contributed by atoms with E-state index in [1.54, 1.807) is 12.1 Å². The second-order valence-corrected chi connectivity index (χ2v) is 7.86. The summed E-state index contributed by atoms with van der Waals surface area (Å²) in [4.78, 5) is 12.2. The van der Waals surface area contributed by atoms with Crippen molar-refractivity contribution in [2.45, 2.75) is 46.1 Å². The quantitative estimate of drug-likeness (QED) is 0.908. The molecule has 0 spiro atoms. The Bertz CT molecular complexity index is 586. The van der Waals surface area contributed by atoms with Crippen molar-refractivity contribution in [3.05, 3.63) is 29.3 Å². The lowest BCUT2D eigenvalue weighted by Crippen LogP contribution is -2.48. The maximum absolute atomic E-state index is 12.2. The Balaban J connectivity index is 1.59. The third kappa shape index (κ3) is 2.40. The van der Waals surface area contributed by atoms with E-state index in [0.29, 0.717) is 22.1 Å². The molecule has 1 aromatic rings. The SMILES string of the molecule is CC1(C)[C@@H]2CC[C@@]1(C)[C@@H](NC(=O)COc1ccccc1Cl)C2. The summed E-state index contributed by atoms with van der Waals surface area (Å²) in [7, 11) is 0. The lowest BCUT2D eigenvalue weighted by molar-refractivity contribution is -0.124. The summed E-state index contributed by atoms with van der Waals surface area (Å²) in [6, 6.07) is 7.47. The van der Waals surface area contributed by atoms with Crippen LogP contribution in [0.1, 0.15) is 40.0 Å². The first kappa shape index (κ1) is 15.7. The molecule has 2 bridgehead atoms. The number of halogens is 1. The Morgan fingerprint density at radius 2 is 2.09 bits per heavy atom. The molecule has 22 heavy (non-hydrogen) atoms. The predicted molar refractivity (Wildman–Crippen MR) is 88.1 cm³/mol. The van der Waals surface area contributed by atoms with Crippen molar-refractivity contribution in [1.29, 1.82) is 0 Å². The number of para-hydroxylation sites is 1. The van der Waals surface area contributed by atoms with Gasteiger partial charge < -0.3 is 10.1 Å². The van der Waals surface area contributed by atoms with Crippen LogP contribution in [-0.2, 0) is 4.79 Å². The van der Waals surface area contributed by atoms with E-state index < -0.39 is 0 Å². The molecule has 0 aliphatic heterocycles. The summed E-state index contributed by atoms with van der Waals surface area (Å²) >= 11 is 6.03. The minimum atomic E-state index is -0.0607. The third-order valence-corrected chi connectivity index (χ3v) is 6.64. The highest BCUT2D eigenvalue weighted by atomic mass is 35.5. The lowest BCUT2D eigenvalue weighted by Gasteiger charge is -2.39. The fourth-order valence-electron chi connectivity index (χ4n) is 4.36. The van der Waals surface area contributed by atoms with Crippen LogP contribution in [0.25, 0.3) is 0 Å². The van der Waals surface area contributed by atoms with Gasteiger partial charge in [-0.25, -0.2) is 0 Å². The fraction of sp³-hybridized carbons (Fsp3) is 0.611. The zero-order valence-corrected chi connectivity index (χ0v) is 14.2. The highest BCUT2D eigenvalue weighted by Crippen LogP contribution is 2.65. The highest BCUT2D eigenvalue weighted by molar-refractivity contribution is 6.32. The van der Waals surface area contributed by atoms with E-state index in [9.17, 15) is 4.79 Å². The van der Waals surface area contributed by atoms with Crippen LogP contribution < -0.4 is 10.1 Å². The fourth-order valence-corrected chi connectivity index (χ4v) is 4.55. The van der Waals surface area contributed by atoms with Crippen LogP contribution in [0.2, 0.25) is 5.02 Å². The van der Waals surface area contributed by atoms with Crippen molar-refractivity contribution in [3.8, 4) is 5.75 Å². The average molecular weight is 322 g/mol. The predicted octanol–water partition coefficient (Wildman–Crippen LogP) is 4.05. The largest absolute Gasteiger partial charge is 0.482 e. The number of carbonyl (C=O) groups is 1. The molecule has 1 amide bonds. The number of rotatable bonds is 4. The number of hydrogen-bond acceptors (Lipinski definition) is 2. The minimum absolute atomic E-state index is 0.0153. The molecule has 2 saturated carbocycles. The van der Waals surface area contributed by atoms with Crippen LogP contribution in [0, 0.1) is 16.7 Å². The number of carbonyl (C=O) groups excluding carboxylic acids is 1. The van der Waals surface area contributed by atoms with Gasteiger partial charge in [-0.05, 0) is 48.1 Å². The van der Waals surface area contributed by atoms with E-state index in [0.717, 1.165) is 6.42 Å². The molecule has 1 aromatic carbocycles. The van der Waals surface area contributed by atoms with Crippen molar-refractivity contribution in [2.24, 2.45) is 16.7 Å². The zero-order chi connectivity index (χ0) is 16.0. The smallest absolute Gasteiger partial charge is 0.258 e. The van der Waals surface area contributed by atoms with Gasteiger partial charge in [0.1, 0.15) is 5.75 Å². The first-order valence-electron chi connectivity index (χ1n) is 8.01. The minimum Gasteiger partial charge on any atom is -0.482 e. The molecular weight excluding hydrogens is 298 g/mol. The number of amides is 1. The Labute approximate surface area is 137 Å². The number of fused-ring (bicyclic) bond motifs is 2. The molecule has 3 rings (SSSR count). The number of benzene rings is 1. The monoisotopic (exact) mass is 321 g/mol. The summed E-state index contributed by atoms with van der Waals surface area (Å²) in [5.74, 6) is 1.21. The first-order valence-corrected chi connectivity index (χ1v) is 8.39. The first-order chi connectivity index (χ1) is 10.3. The Kier molecular flexibility index (Phi) is 3.88. The molecule has 3 nitrogen and oxygen atoms in total. The topological polar surface area (TPSA) is 38.3 Å². The van der Waals surface area contributed by atoms with E-state index in [-0.39, 0.29) is 24.0 Å². The van der Waals surface area contributed by atoms with Crippen LogP contribution in [0.4, 0.5) is 0 Å². The van der Waals surface area contributed by atoms with Crippen molar-refractivity contribution >= 4 is 17.5 Å². The summed E-state index contributed by atoms with van der Waals surface area (Å²) in [5, 5.41) is 3.72. The highest BCUT2D eigenvalue weighted by Gasteiger charge is 2.61. The van der Waals surface area contributed by atoms with Gasteiger partial charge in [0.05, 0.1) is 5.02 Å². The van der Waals surface area contributed by atoms with Gasteiger partial charge in [-0.2, -0.15) is 0 Å². The van der Waals surface area contributed by atoms with Gasteiger partial charge >= 0.3 is 0 Å². The lowest BCUT2D eigenvalue weighted by atomic mass is 9.69. The second-order valence-electron chi connectivity index (χ2n) is 7.45. The van der Waals surface area contributed by atoms with Crippen LogP contribution in [0.5, 0.6) is 5.75 Å². The standard InChI is InChI=1S/C18H24ClNO2/c1-17(2)12-8-9-18(17,3)15(10-12)20-16(21)11-22-14-7-5-4-6-13(14)19/h4-7,12,15H,8-11H2,1-3H3,(H,20,21)/t12-,15+,18+/m1/s1. The summed E-state index contributed by atoms with van der Waals surface area (Å²) in [5.41, 5.74) is 0.492. The van der Waals surface area contributed by atoms with E-state index in [1.165, 1.54) is 12.8 Å². The maximum Gasteiger partial charge on any atom is 0.258 e. The van der Waals surface area contributed by atoms with E-state index in [2.05, 4.69) is 26.1 Å². The zero-order valence-electron chi connectivity index (χ0n) is 13.5. The summed E-state index contributed by atoms with van der Waals surface area (Å²) in [6.45, 7) is 7.02. The van der Waals surface area contributed by atoms with Crippen molar-refractivity contribution in [1.82, 2.24) is 5.32 Å². The molecule has 3 atom stereocenters. The van der Waals surface area contributed by atoms with Gasteiger partial charge in [0.15, 0.2) is 6.61 Å². The molecule has 2 aliphatic carbocycles. The number of hydrogen-bond donors (Lipinski definition) is 1. The Morgan fingerprint density at radius 3 is 2.68 bits per heavy atom. The van der Waals surface area contributed by atoms with E-state index in [1.807, 2.05) is 12.1 Å². The molecule has 0 unspecified atom stereocenters. The van der Waals surface area contributed by atoms with Crippen molar-refractivity contribution < 1.29 is 9.53 Å². The molecule has 0 saturated heterocycles. The van der Waals surface area contributed by atoms with Gasteiger partial charge in [0.2, 0.25) is 0 Å². The van der Waals surface area contributed by atoms with Crippen LogP contribution in [-0.4, -0.2) is 18.6 Å². The van der Waals surface area contributed by atoms with Crippen molar-refractivity contribution in [2.75, 3.05) is 6.61 Å². The summed E-state index contributed by atoms with van der Waals surface area (Å²) in [6.07, 6.45) is 3.56. The summed E-state index contributed by atoms with van der Waals surface area (Å²) < 4.78 is 5.53. The van der Waals surface area contributed by atoms with Crippen LogP contribution >= 0.6 is 11.6 Å². The average Bonchev–Trinajstić information content (AvgIpc) is 2.80. The third-order valence-electron chi connectivity index (χ3n) is 6.32. The molecule has 0 heterocycles. The van der Waals surface area contributed by atoms with E-state index in [4.69, 9.17) is 16.3 Å². The Hall–Kier alpha value is -1.22. The molecule has 2 aliphatic rings. The van der Waals surface area contributed by atoms with E-state index >= 15 is 0 Å². The molecule has 0 aromatic heterocycles. The second kappa shape index (κ2) is 5.45. The number of nitrogens with one attached hydrogen (secondary N) is 1.